The van der Waals surface area contributed by atoms with E-state index in [9.17, 15) is 4.79 Å². The number of carbonyl (C=O) groups is 1. The molecule has 4 aliphatic carbocycles. The number of nitrogens with zero attached hydrogens (tertiary/aromatic N) is 2. The van der Waals surface area contributed by atoms with E-state index in [4.69, 9.17) is 5.73 Å². The van der Waals surface area contributed by atoms with Gasteiger partial charge in [-0.1, -0.05) is 32.4 Å². The van der Waals surface area contributed by atoms with Gasteiger partial charge in [0.25, 0.3) is 0 Å². The zero-order valence-corrected chi connectivity index (χ0v) is 22.1. The number of rotatable bonds is 4. The number of amides is 1. The van der Waals surface area contributed by atoms with E-state index >= 15 is 0 Å². The van der Waals surface area contributed by atoms with E-state index in [-0.39, 0.29) is 11.9 Å². The summed E-state index contributed by atoms with van der Waals surface area (Å²) in [7, 11) is 4.37. The molecule has 0 unspecified atom stereocenters. The molecule has 0 aromatic rings. The molecule has 4 fully saturated rings. The summed E-state index contributed by atoms with van der Waals surface area (Å²) in [5.74, 6) is 4.18. The monoisotopic (exact) mass is 455 g/mol. The Morgan fingerprint density at radius 3 is 2.64 bits per heavy atom. The first kappa shape index (κ1) is 23.9. The minimum absolute atomic E-state index is 0.141. The lowest BCUT2D eigenvalue weighted by molar-refractivity contribution is -0.134. The number of nitrogens with two attached hydrogens (primary N) is 1. The minimum Gasteiger partial charge on any atom is -0.341 e. The SMILES string of the molecule is CC(C)C[C@H](N)C(=O)N(C)[C@H]1CC[C@@]2(C)C(=CC[C@H]3[C@@H]4CC[C@@H]5[C@H](C)N(C)C[C@@]54CC[C@@H]32)C1. The van der Waals surface area contributed by atoms with Crippen molar-refractivity contribution in [2.24, 2.45) is 46.2 Å². The van der Waals surface area contributed by atoms with E-state index in [0.29, 0.717) is 22.8 Å². The first-order valence-corrected chi connectivity index (χ1v) is 14.0. The molecule has 33 heavy (non-hydrogen) atoms. The van der Waals surface area contributed by atoms with Crippen LogP contribution in [0.4, 0.5) is 0 Å². The van der Waals surface area contributed by atoms with Gasteiger partial charge in [0, 0.05) is 25.7 Å². The molecule has 1 amide bonds. The quantitative estimate of drug-likeness (QED) is 0.602. The fourth-order valence-corrected chi connectivity index (χ4v) is 9.82. The van der Waals surface area contributed by atoms with Crippen molar-refractivity contribution in [1.82, 2.24) is 9.80 Å². The molecular formula is C29H49N3O. The maximum absolute atomic E-state index is 13.0. The summed E-state index contributed by atoms with van der Waals surface area (Å²) >= 11 is 0. The van der Waals surface area contributed by atoms with E-state index in [1.54, 1.807) is 5.57 Å². The molecule has 2 N–H and O–H groups in total. The molecule has 5 aliphatic rings. The molecule has 3 saturated carbocycles. The van der Waals surface area contributed by atoms with Crippen LogP contribution >= 0.6 is 0 Å². The third kappa shape index (κ3) is 3.56. The Labute approximate surface area is 202 Å². The normalized spacial score (nSPS) is 45.6. The van der Waals surface area contributed by atoms with Crippen molar-refractivity contribution < 1.29 is 4.79 Å². The number of fused-ring (bicyclic) bond motifs is 4. The average Bonchev–Trinajstić information content (AvgIpc) is 3.25. The zero-order chi connectivity index (χ0) is 23.7. The third-order valence-corrected chi connectivity index (χ3v) is 11.6. The van der Waals surface area contributed by atoms with Gasteiger partial charge in [0.2, 0.25) is 5.91 Å². The Bertz CT molecular complexity index is 807. The number of hydrogen-bond donors (Lipinski definition) is 1. The maximum Gasteiger partial charge on any atom is 0.239 e. The van der Waals surface area contributed by atoms with Crippen LogP contribution < -0.4 is 5.73 Å². The van der Waals surface area contributed by atoms with Crippen LogP contribution in [-0.4, -0.2) is 54.5 Å². The molecule has 0 bridgehead atoms. The van der Waals surface area contributed by atoms with Crippen LogP contribution in [0.2, 0.25) is 0 Å². The molecule has 186 valence electrons. The van der Waals surface area contributed by atoms with Gasteiger partial charge in [0.1, 0.15) is 0 Å². The van der Waals surface area contributed by atoms with E-state index in [1.807, 2.05) is 11.9 Å². The number of likely N-dealkylation sites (N-methyl/N-ethyl adjacent to an activating group) is 1. The van der Waals surface area contributed by atoms with E-state index in [0.717, 1.165) is 49.0 Å². The van der Waals surface area contributed by atoms with E-state index in [1.165, 1.54) is 45.1 Å². The van der Waals surface area contributed by atoms with Crippen LogP contribution in [0.15, 0.2) is 11.6 Å². The largest absolute Gasteiger partial charge is 0.341 e. The maximum atomic E-state index is 13.0. The highest BCUT2D eigenvalue weighted by Crippen LogP contribution is 2.68. The second-order valence-electron chi connectivity index (χ2n) is 13.5. The fourth-order valence-electron chi connectivity index (χ4n) is 9.82. The molecule has 0 aromatic heterocycles. The van der Waals surface area contributed by atoms with Gasteiger partial charge in [-0.15, -0.1) is 0 Å². The second-order valence-corrected chi connectivity index (χ2v) is 13.5. The summed E-state index contributed by atoms with van der Waals surface area (Å²) in [6.45, 7) is 10.7. The predicted molar refractivity (Wildman–Crippen MR) is 136 cm³/mol. The molecule has 5 rings (SSSR count). The van der Waals surface area contributed by atoms with Crippen molar-refractivity contribution in [3.63, 3.8) is 0 Å². The lowest BCUT2D eigenvalue weighted by atomic mass is 9.47. The standard InChI is InChI=1S/C29H49N3O/c1-18(2)15-26(30)27(33)32(6)21-11-13-28(4)20(16-21)7-8-22-24(28)12-14-29-17-31(5)19(3)23(29)9-10-25(22)29/h7,18-19,21-26H,8-17,30H2,1-6H3/t19-,21-,22+,23+,24-,25-,26-,28-,29-/m0/s1. The van der Waals surface area contributed by atoms with Gasteiger partial charge >= 0.3 is 0 Å². The Kier molecular flexibility index (Phi) is 6.04. The van der Waals surface area contributed by atoms with Gasteiger partial charge in [-0.25, -0.2) is 0 Å². The molecular weight excluding hydrogens is 406 g/mol. The number of carbonyl (C=O) groups excluding carboxylic acids is 1. The number of likely N-dealkylation sites (tertiary alicyclic amines) is 1. The van der Waals surface area contributed by atoms with Crippen LogP contribution in [0.3, 0.4) is 0 Å². The summed E-state index contributed by atoms with van der Waals surface area (Å²) in [4.78, 5) is 17.7. The lowest BCUT2D eigenvalue weighted by Crippen LogP contribution is -2.54. The van der Waals surface area contributed by atoms with Gasteiger partial charge in [-0.05, 0) is 112 Å². The Hall–Kier alpha value is -0.870. The van der Waals surface area contributed by atoms with Crippen molar-refractivity contribution in [2.75, 3.05) is 20.6 Å². The lowest BCUT2D eigenvalue weighted by Gasteiger charge is -2.58. The molecule has 4 heteroatoms. The van der Waals surface area contributed by atoms with E-state index < -0.39 is 0 Å². The Morgan fingerprint density at radius 2 is 1.91 bits per heavy atom. The summed E-state index contributed by atoms with van der Waals surface area (Å²) < 4.78 is 0. The third-order valence-electron chi connectivity index (χ3n) is 11.6. The fraction of sp³-hybridized carbons (Fsp3) is 0.897. The second kappa shape index (κ2) is 8.36. The van der Waals surface area contributed by atoms with Gasteiger partial charge in [0.05, 0.1) is 6.04 Å². The molecule has 1 aliphatic heterocycles. The smallest absolute Gasteiger partial charge is 0.239 e. The van der Waals surface area contributed by atoms with Crippen molar-refractivity contribution in [3.05, 3.63) is 11.6 Å². The molecule has 1 spiro atoms. The Balaban J connectivity index is 1.32. The topological polar surface area (TPSA) is 49.6 Å². The molecule has 1 heterocycles. The zero-order valence-electron chi connectivity index (χ0n) is 22.1. The molecule has 0 radical (unpaired) electrons. The highest BCUT2D eigenvalue weighted by molar-refractivity contribution is 5.81. The summed E-state index contributed by atoms with van der Waals surface area (Å²) in [6.07, 6.45) is 13.9. The van der Waals surface area contributed by atoms with Crippen LogP contribution in [0.1, 0.15) is 85.5 Å². The van der Waals surface area contributed by atoms with Crippen LogP contribution in [0.5, 0.6) is 0 Å². The predicted octanol–water partition coefficient (Wildman–Crippen LogP) is 5.08. The van der Waals surface area contributed by atoms with Gasteiger partial charge in [-0.3, -0.25) is 4.79 Å². The summed E-state index contributed by atoms with van der Waals surface area (Å²) in [5.41, 5.74) is 8.89. The summed E-state index contributed by atoms with van der Waals surface area (Å²) in [5, 5.41) is 0. The van der Waals surface area contributed by atoms with Crippen molar-refractivity contribution in [2.45, 2.75) is 104 Å². The van der Waals surface area contributed by atoms with Crippen molar-refractivity contribution in [1.29, 1.82) is 0 Å². The molecule has 1 saturated heterocycles. The number of allylic oxidation sites excluding steroid dienone is 1. The summed E-state index contributed by atoms with van der Waals surface area (Å²) in [6, 6.07) is 0.730. The molecule has 4 nitrogen and oxygen atoms in total. The van der Waals surface area contributed by atoms with Crippen molar-refractivity contribution >= 4 is 5.91 Å². The highest BCUT2D eigenvalue weighted by Gasteiger charge is 2.64. The minimum atomic E-state index is -0.357. The molecule has 9 atom stereocenters. The van der Waals surface area contributed by atoms with E-state index in [2.05, 4.69) is 45.7 Å². The number of hydrogen-bond acceptors (Lipinski definition) is 3. The van der Waals surface area contributed by atoms with Crippen LogP contribution in [-0.2, 0) is 4.79 Å². The van der Waals surface area contributed by atoms with Gasteiger partial charge in [0.15, 0.2) is 0 Å². The van der Waals surface area contributed by atoms with Crippen LogP contribution in [0, 0.1) is 40.4 Å². The average molecular weight is 456 g/mol. The van der Waals surface area contributed by atoms with Gasteiger partial charge in [-0.2, -0.15) is 0 Å². The van der Waals surface area contributed by atoms with Crippen LogP contribution in [0.25, 0.3) is 0 Å². The first-order valence-electron chi connectivity index (χ1n) is 14.0. The first-order chi connectivity index (χ1) is 15.6. The Morgan fingerprint density at radius 1 is 1.18 bits per heavy atom. The van der Waals surface area contributed by atoms with Gasteiger partial charge < -0.3 is 15.5 Å². The van der Waals surface area contributed by atoms with Crippen molar-refractivity contribution in [3.8, 4) is 0 Å². The highest BCUT2D eigenvalue weighted by atomic mass is 16.2. The molecule has 0 aromatic carbocycles.